The summed E-state index contributed by atoms with van der Waals surface area (Å²) in [4.78, 5) is 0. The molecule has 2 heteroatoms. The molecular weight excluding hydrogens is 272 g/mol. The van der Waals surface area contributed by atoms with Crippen LogP contribution in [-0.4, -0.2) is 11.7 Å². The number of hydrogen-bond donors (Lipinski definition) is 1. The smallest absolute Gasteiger partial charge is 0.123 e. The molecule has 0 amide bonds. The van der Waals surface area contributed by atoms with E-state index >= 15 is 0 Å². The summed E-state index contributed by atoms with van der Waals surface area (Å²) < 4.78 is 6.04. The van der Waals surface area contributed by atoms with Gasteiger partial charge in [-0.05, 0) is 25.0 Å². The van der Waals surface area contributed by atoms with E-state index in [4.69, 9.17) is 4.74 Å². The van der Waals surface area contributed by atoms with E-state index in [1.807, 2.05) is 6.07 Å². The summed E-state index contributed by atoms with van der Waals surface area (Å²) in [5.41, 5.74) is 2.36. The van der Waals surface area contributed by atoms with Crippen molar-refractivity contribution < 1.29 is 9.84 Å². The highest BCUT2D eigenvalue weighted by molar-refractivity contribution is 5.59. The molecule has 2 atom stereocenters. The third-order valence-corrected chi connectivity index (χ3v) is 5.05. The lowest BCUT2D eigenvalue weighted by Crippen LogP contribution is -2.03. The third kappa shape index (κ3) is 3.16. The molecule has 0 heterocycles. The molecule has 1 aromatic rings. The van der Waals surface area contributed by atoms with Crippen molar-refractivity contribution in [1.82, 2.24) is 0 Å². The molecule has 3 rings (SSSR count). The van der Waals surface area contributed by atoms with E-state index < -0.39 is 0 Å². The summed E-state index contributed by atoms with van der Waals surface area (Å²) in [5, 5.41) is 10.1. The van der Waals surface area contributed by atoms with Crippen molar-refractivity contribution in [2.45, 2.75) is 70.1 Å². The van der Waals surface area contributed by atoms with Crippen molar-refractivity contribution in [3.05, 3.63) is 35.4 Å². The van der Waals surface area contributed by atoms with E-state index in [9.17, 15) is 5.11 Å². The Morgan fingerprint density at radius 1 is 0.955 bits per heavy atom. The van der Waals surface area contributed by atoms with Crippen LogP contribution in [0.15, 0.2) is 24.3 Å². The van der Waals surface area contributed by atoms with Crippen LogP contribution in [0.4, 0.5) is 0 Å². The van der Waals surface area contributed by atoms with Gasteiger partial charge in [0.2, 0.25) is 0 Å². The van der Waals surface area contributed by atoms with Gasteiger partial charge in [0, 0.05) is 23.0 Å². The van der Waals surface area contributed by atoms with Gasteiger partial charge in [0.05, 0.1) is 6.61 Å². The molecule has 0 spiro atoms. The fourth-order valence-electron chi connectivity index (χ4n) is 3.87. The first-order valence-electron chi connectivity index (χ1n) is 8.98. The lowest BCUT2D eigenvalue weighted by Gasteiger charge is -2.17. The van der Waals surface area contributed by atoms with Gasteiger partial charge in [-0.25, -0.2) is 0 Å². The second-order valence-electron chi connectivity index (χ2n) is 6.71. The monoisotopic (exact) mass is 300 g/mol. The maximum absolute atomic E-state index is 10.1. The number of phenolic OH excluding ortho intramolecular Hbond substituents is 1. The fourth-order valence-corrected chi connectivity index (χ4v) is 3.87. The molecule has 0 saturated carbocycles. The normalized spacial score (nSPS) is 21.3. The van der Waals surface area contributed by atoms with Gasteiger partial charge >= 0.3 is 0 Å². The highest BCUT2D eigenvalue weighted by Gasteiger charge is 2.37. The second kappa shape index (κ2) is 7.21. The average Bonchev–Trinajstić information content (AvgIpc) is 3.14. The van der Waals surface area contributed by atoms with Gasteiger partial charge in [-0.15, -0.1) is 0 Å². The van der Waals surface area contributed by atoms with Crippen molar-refractivity contribution in [1.29, 1.82) is 0 Å². The molecule has 1 N–H and O–H groups in total. The Balaban J connectivity index is 1.47. The zero-order chi connectivity index (χ0) is 15.4. The Bertz CT molecular complexity index is 533. The molecule has 1 aromatic carbocycles. The van der Waals surface area contributed by atoms with E-state index in [0.29, 0.717) is 17.6 Å². The average molecular weight is 300 g/mol. The molecule has 2 aliphatic rings. The molecule has 0 fully saturated rings. The Morgan fingerprint density at radius 3 is 2.41 bits per heavy atom. The first kappa shape index (κ1) is 15.5. The number of benzene rings is 1. The van der Waals surface area contributed by atoms with Crippen molar-refractivity contribution in [3.63, 3.8) is 0 Å². The third-order valence-electron chi connectivity index (χ3n) is 5.05. The number of unbranched alkanes of at least 4 members (excludes halogenated alkanes) is 6. The standard InChI is InChI=1S/C20H28O2/c1-2-3-4-5-6-7-8-13-22-18-12-11-17(21)19-15-9-10-16(14-15)20(18)19/h9-12,15-16,21H,2-8,13-14H2,1H3. The minimum Gasteiger partial charge on any atom is -0.508 e. The van der Waals surface area contributed by atoms with Crippen LogP contribution < -0.4 is 4.74 Å². The summed E-state index contributed by atoms with van der Waals surface area (Å²) >= 11 is 0. The minimum atomic E-state index is 0.405. The van der Waals surface area contributed by atoms with Gasteiger partial charge in [-0.1, -0.05) is 57.6 Å². The maximum Gasteiger partial charge on any atom is 0.123 e. The highest BCUT2D eigenvalue weighted by Crippen LogP contribution is 2.54. The fraction of sp³-hybridized carbons (Fsp3) is 0.600. The van der Waals surface area contributed by atoms with Gasteiger partial charge in [0.25, 0.3) is 0 Å². The molecular formula is C20H28O2. The van der Waals surface area contributed by atoms with Crippen molar-refractivity contribution in [3.8, 4) is 11.5 Å². The Morgan fingerprint density at radius 2 is 1.64 bits per heavy atom. The van der Waals surface area contributed by atoms with E-state index in [0.717, 1.165) is 30.8 Å². The largest absolute Gasteiger partial charge is 0.508 e. The molecule has 0 aromatic heterocycles. The number of aromatic hydroxyl groups is 1. The van der Waals surface area contributed by atoms with Crippen molar-refractivity contribution in [2.24, 2.45) is 0 Å². The molecule has 0 aliphatic heterocycles. The summed E-state index contributed by atoms with van der Waals surface area (Å²) in [6.45, 7) is 3.05. The predicted octanol–water partition coefficient (Wildman–Crippen LogP) is 5.66. The number of rotatable bonds is 9. The number of allylic oxidation sites excluding steroid dienone is 2. The molecule has 2 unspecified atom stereocenters. The molecule has 0 saturated heterocycles. The van der Waals surface area contributed by atoms with Crippen LogP contribution in [0.3, 0.4) is 0 Å². The predicted molar refractivity (Wildman–Crippen MR) is 90.8 cm³/mol. The van der Waals surface area contributed by atoms with Crippen molar-refractivity contribution >= 4 is 0 Å². The summed E-state index contributed by atoms with van der Waals surface area (Å²) in [5.74, 6) is 2.30. The number of ether oxygens (including phenoxy) is 1. The second-order valence-corrected chi connectivity index (χ2v) is 6.71. The van der Waals surface area contributed by atoms with Gasteiger partial charge in [-0.3, -0.25) is 0 Å². The molecule has 22 heavy (non-hydrogen) atoms. The molecule has 2 aliphatic carbocycles. The SMILES string of the molecule is CCCCCCCCCOc1ccc(O)c2c1C1C=CC2C1. The van der Waals surface area contributed by atoms with Crippen LogP contribution in [0.2, 0.25) is 0 Å². The quantitative estimate of drug-likeness (QED) is 0.471. The summed E-state index contributed by atoms with van der Waals surface area (Å²) in [7, 11) is 0. The van der Waals surface area contributed by atoms with Crippen LogP contribution in [0.1, 0.15) is 81.3 Å². The first-order valence-corrected chi connectivity index (χ1v) is 8.98. The Labute approximate surface area is 134 Å². The van der Waals surface area contributed by atoms with Crippen LogP contribution in [0, 0.1) is 0 Å². The highest BCUT2D eigenvalue weighted by atomic mass is 16.5. The Hall–Kier alpha value is -1.44. The summed E-state index contributed by atoms with van der Waals surface area (Å²) in [6, 6.07) is 3.75. The number of hydrogen-bond acceptors (Lipinski definition) is 2. The molecule has 2 bridgehead atoms. The Kier molecular flexibility index (Phi) is 5.07. The van der Waals surface area contributed by atoms with Gasteiger partial charge in [0.15, 0.2) is 0 Å². The van der Waals surface area contributed by atoms with Gasteiger partial charge < -0.3 is 9.84 Å². The zero-order valence-corrected chi connectivity index (χ0v) is 13.7. The van der Waals surface area contributed by atoms with Crippen LogP contribution in [-0.2, 0) is 0 Å². The maximum atomic E-state index is 10.1. The van der Waals surface area contributed by atoms with Crippen LogP contribution in [0.25, 0.3) is 0 Å². The zero-order valence-electron chi connectivity index (χ0n) is 13.7. The molecule has 2 nitrogen and oxygen atoms in total. The molecule has 120 valence electrons. The van der Waals surface area contributed by atoms with Crippen LogP contribution in [0.5, 0.6) is 11.5 Å². The van der Waals surface area contributed by atoms with Crippen molar-refractivity contribution in [2.75, 3.05) is 6.61 Å². The van der Waals surface area contributed by atoms with Crippen LogP contribution >= 0.6 is 0 Å². The van der Waals surface area contributed by atoms with E-state index in [2.05, 4.69) is 19.1 Å². The first-order chi connectivity index (χ1) is 10.8. The van der Waals surface area contributed by atoms with Gasteiger partial charge in [0.1, 0.15) is 11.5 Å². The molecule has 0 radical (unpaired) electrons. The van der Waals surface area contributed by atoms with E-state index in [1.165, 1.54) is 44.1 Å². The summed E-state index contributed by atoms with van der Waals surface area (Å²) in [6.07, 6.45) is 14.7. The van der Waals surface area contributed by atoms with E-state index in [-0.39, 0.29) is 0 Å². The lowest BCUT2D eigenvalue weighted by molar-refractivity contribution is 0.300. The van der Waals surface area contributed by atoms with E-state index in [1.54, 1.807) is 6.07 Å². The lowest BCUT2D eigenvalue weighted by atomic mass is 9.95. The number of fused-ring (bicyclic) bond motifs is 5. The number of phenols is 1. The topological polar surface area (TPSA) is 29.5 Å². The minimum absolute atomic E-state index is 0.405. The van der Waals surface area contributed by atoms with Gasteiger partial charge in [-0.2, -0.15) is 0 Å².